The maximum absolute atomic E-state index is 5.28. The molecule has 1 heterocycles. The maximum atomic E-state index is 5.28. The average Bonchev–Trinajstić information content (AvgIpc) is 2.80. The minimum Gasteiger partial charge on any atom is -0.382 e. The van der Waals surface area contributed by atoms with Gasteiger partial charge in [-0.25, -0.2) is 4.98 Å². The second-order valence-electron chi connectivity index (χ2n) is 4.44. The summed E-state index contributed by atoms with van der Waals surface area (Å²) in [6, 6.07) is 0.472. The number of ether oxygens (including phenoxy) is 1. The van der Waals surface area contributed by atoms with Crippen molar-refractivity contribution in [1.82, 2.24) is 14.9 Å². The fraction of sp³-hybridized carbons (Fsp3) is 0.769. The smallest absolute Gasteiger partial charge is 0.110 e. The molecule has 0 aliphatic heterocycles. The van der Waals surface area contributed by atoms with Crippen LogP contribution < -0.4 is 5.32 Å². The van der Waals surface area contributed by atoms with Gasteiger partial charge in [0, 0.05) is 38.5 Å². The zero-order valence-electron chi connectivity index (χ0n) is 11.4. The van der Waals surface area contributed by atoms with E-state index in [-0.39, 0.29) is 0 Å². The van der Waals surface area contributed by atoms with E-state index in [9.17, 15) is 0 Å². The first-order valence-electron chi connectivity index (χ1n) is 6.41. The van der Waals surface area contributed by atoms with Gasteiger partial charge < -0.3 is 14.6 Å². The SMILES string of the molecule is CCn1ccnc1CC(CCC(C)OC)NC. The molecule has 0 saturated heterocycles. The van der Waals surface area contributed by atoms with Gasteiger partial charge >= 0.3 is 0 Å². The van der Waals surface area contributed by atoms with Crippen molar-refractivity contribution < 1.29 is 4.74 Å². The van der Waals surface area contributed by atoms with E-state index >= 15 is 0 Å². The van der Waals surface area contributed by atoms with E-state index in [0.29, 0.717) is 12.1 Å². The van der Waals surface area contributed by atoms with Gasteiger partial charge in [0.1, 0.15) is 5.82 Å². The van der Waals surface area contributed by atoms with Crippen LogP contribution in [-0.4, -0.2) is 35.9 Å². The number of nitrogens with one attached hydrogen (secondary N) is 1. The standard InChI is InChI=1S/C13H25N3O/c1-5-16-9-8-15-13(16)10-12(14-3)7-6-11(2)17-4/h8-9,11-12,14H,5-7,10H2,1-4H3. The summed E-state index contributed by atoms with van der Waals surface area (Å²) in [4.78, 5) is 4.41. The molecule has 1 aromatic heterocycles. The maximum Gasteiger partial charge on any atom is 0.110 e. The molecule has 4 nitrogen and oxygen atoms in total. The van der Waals surface area contributed by atoms with Crippen LogP contribution in [-0.2, 0) is 17.7 Å². The first kappa shape index (κ1) is 14.2. The monoisotopic (exact) mass is 239 g/mol. The Bertz CT molecular complexity index is 311. The Morgan fingerprint density at radius 2 is 2.24 bits per heavy atom. The van der Waals surface area contributed by atoms with Crippen molar-refractivity contribution in [3.63, 3.8) is 0 Å². The van der Waals surface area contributed by atoms with Gasteiger partial charge in [0.2, 0.25) is 0 Å². The molecule has 0 spiro atoms. The predicted molar refractivity (Wildman–Crippen MR) is 70.2 cm³/mol. The summed E-state index contributed by atoms with van der Waals surface area (Å²) in [5.74, 6) is 1.16. The zero-order valence-corrected chi connectivity index (χ0v) is 11.4. The molecular weight excluding hydrogens is 214 g/mol. The van der Waals surface area contributed by atoms with Gasteiger partial charge in [-0.15, -0.1) is 0 Å². The number of hydrogen-bond acceptors (Lipinski definition) is 3. The Kier molecular flexibility index (Phi) is 6.22. The summed E-state index contributed by atoms with van der Waals surface area (Å²) in [6.45, 7) is 5.24. The molecule has 0 aliphatic rings. The summed E-state index contributed by atoms with van der Waals surface area (Å²) in [5, 5.41) is 3.36. The second-order valence-corrected chi connectivity index (χ2v) is 4.44. The molecule has 0 saturated carbocycles. The van der Waals surface area contributed by atoms with Gasteiger partial charge in [-0.05, 0) is 33.7 Å². The number of hydrogen-bond donors (Lipinski definition) is 1. The van der Waals surface area contributed by atoms with Crippen LogP contribution in [0.15, 0.2) is 12.4 Å². The summed E-state index contributed by atoms with van der Waals surface area (Å²) in [7, 11) is 3.78. The number of methoxy groups -OCH3 is 1. The van der Waals surface area contributed by atoms with Crippen LogP contribution in [0.1, 0.15) is 32.5 Å². The van der Waals surface area contributed by atoms with E-state index in [2.05, 4.69) is 28.7 Å². The minimum atomic E-state index is 0.330. The second kappa shape index (κ2) is 7.45. The van der Waals surface area contributed by atoms with E-state index in [4.69, 9.17) is 4.74 Å². The van der Waals surface area contributed by atoms with Crippen molar-refractivity contribution in [2.75, 3.05) is 14.2 Å². The molecular formula is C13H25N3O. The van der Waals surface area contributed by atoms with Crippen LogP contribution in [0.2, 0.25) is 0 Å². The predicted octanol–water partition coefficient (Wildman–Crippen LogP) is 1.85. The van der Waals surface area contributed by atoms with Crippen LogP contribution in [0.5, 0.6) is 0 Å². The molecule has 0 radical (unpaired) electrons. The summed E-state index contributed by atoms with van der Waals surface area (Å²) in [5.41, 5.74) is 0. The van der Waals surface area contributed by atoms with Crippen molar-refractivity contribution in [3.8, 4) is 0 Å². The van der Waals surface area contributed by atoms with Crippen LogP contribution in [0.4, 0.5) is 0 Å². The third-order valence-electron chi connectivity index (χ3n) is 3.30. The summed E-state index contributed by atoms with van der Waals surface area (Å²) >= 11 is 0. The Hall–Kier alpha value is -0.870. The van der Waals surface area contributed by atoms with E-state index in [1.807, 2.05) is 19.4 Å². The molecule has 2 atom stereocenters. The fourth-order valence-corrected chi connectivity index (χ4v) is 1.94. The fourth-order valence-electron chi connectivity index (χ4n) is 1.94. The lowest BCUT2D eigenvalue weighted by Gasteiger charge is -2.18. The van der Waals surface area contributed by atoms with Crippen LogP contribution in [0, 0.1) is 0 Å². The summed E-state index contributed by atoms with van der Waals surface area (Å²) < 4.78 is 7.48. The van der Waals surface area contributed by atoms with Gasteiger partial charge in [-0.1, -0.05) is 0 Å². The van der Waals surface area contributed by atoms with Crippen LogP contribution in [0.3, 0.4) is 0 Å². The molecule has 1 rings (SSSR count). The first-order valence-corrected chi connectivity index (χ1v) is 6.41. The third-order valence-corrected chi connectivity index (χ3v) is 3.30. The van der Waals surface area contributed by atoms with Gasteiger partial charge in [-0.3, -0.25) is 0 Å². The van der Waals surface area contributed by atoms with Gasteiger partial charge in [0.25, 0.3) is 0 Å². The van der Waals surface area contributed by atoms with Crippen molar-refractivity contribution in [1.29, 1.82) is 0 Å². The molecule has 4 heteroatoms. The molecule has 0 aliphatic carbocycles. The Morgan fingerprint density at radius 1 is 1.47 bits per heavy atom. The average molecular weight is 239 g/mol. The lowest BCUT2D eigenvalue weighted by atomic mass is 10.1. The Balaban J connectivity index is 2.46. The Labute approximate surface area is 104 Å². The van der Waals surface area contributed by atoms with E-state index in [0.717, 1.165) is 31.6 Å². The minimum absolute atomic E-state index is 0.330. The molecule has 98 valence electrons. The van der Waals surface area contributed by atoms with Gasteiger partial charge in [-0.2, -0.15) is 0 Å². The van der Waals surface area contributed by atoms with Crippen molar-refractivity contribution in [2.45, 2.75) is 51.8 Å². The normalized spacial score (nSPS) is 14.8. The first-order chi connectivity index (χ1) is 8.21. The summed E-state index contributed by atoms with van der Waals surface area (Å²) in [6.07, 6.45) is 7.42. The molecule has 0 amide bonds. The number of rotatable bonds is 8. The molecule has 1 N–H and O–H groups in total. The number of aryl methyl sites for hydroxylation is 1. The van der Waals surface area contributed by atoms with E-state index in [1.165, 1.54) is 0 Å². The van der Waals surface area contributed by atoms with Crippen molar-refractivity contribution in [3.05, 3.63) is 18.2 Å². The number of imidazole rings is 1. The molecule has 0 aromatic carbocycles. The van der Waals surface area contributed by atoms with E-state index < -0.39 is 0 Å². The topological polar surface area (TPSA) is 39.1 Å². The van der Waals surface area contributed by atoms with Gasteiger partial charge in [0.05, 0.1) is 6.10 Å². The molecule has 1 aromatic rings. The third kappa shape index (κ3) is 4.48. The highest BCUT2D eigenvalue weighted by Crippen LogP contribution is 2.09. The quantitative estimate of drug-likeness (QED) is 0.752. The van der Waals surface area contributed by atoms with Crippen LogP contribution in [0.25, 0.3) is 0 Å². The van der Waals surface area contributed by atoms with Crippen LogP contribution >= 0.6 is 0 Å². The molecule has 0 fully saturated rings. The highest BCUT2D eigenvalue weighted by Gasteiger charge is 2.12. The lowest BCUT2D eigenvalue weighted by Crippen LogP contribution is -2.30. The number of nitrogens with zero attached hydrogens (tertiary/aromatic N) is 2. The van der Waals surface area contributed by atoms with Gasteiger partial charge in [0.15, 0.2) is 0 Å². The number of likely N-dealkylation sites (N-methyl/N-ethyl adjacent to an activating group) is 1. The Morgan fingerprint density at radius 3 is 2.82 bits per heavy atom. The largest absolute Gasteiger partial charge is 0.382 e. The lowest BCUT2D eigenvalue weighted by molar-refractivity contribution is 0.106. The molecule has 2 unspecified atom stereocenters. The van der Waals surface area contributed by atoms with E-state index in [1.54, 1.807) is 7.11 Å². The molecule has 0 bridgehead atoms. The highest BCUT2D eigenvalue weighted by molar-refractivity contribution is 4.95. The molecule has 17 heavy (non-hydrogen) atoms. The van der Waals surface area contributed by atoms with Crippen molar-refractivity contribution in [2.24, 2.45) is 0 Å². The number of aromatic nitrogens is 2. The highest BCUT2D eigenvalue weighted by atomic mass is 16.5. The van der Waals surface area contributed by atoms with Crippen molar-refractivity contribution >= 4 is 0 Å². The zero-order chi connectivity index (χ0) is 12.7.